The SMILES string of the molecule is O=C1c2ccc(SCCOCc3ccccc3)c3cccc(c23)C(O)N1OS(=O)(=O)C(F)(F)F. The van der Waals surface area contributed by atoms with Crippen molar-refractivity contribution in [3.63, 3.8) is 0 Å². The highest BCUT2D eigenvalue weighted by molar-refractivity contribution is 7.99. The second-order valence-electron chi connectivity index (χ2n) is 7.25. The fraction of sp³-hybridized carbons (Fsp3) is 0.227. The quantitative estimate of drug-likeness (QED) is 0.272. The van der Waals surface area contributed by atoms with Crippen molar-refractivity contribution in [1.82, 2.24) is 5.06 Å². The van der Waals surface area contributed by atoms with Crippen LogP contribution in [0.25, 0.3) is 10.8 Å². The van der Waals surface area contributed by atoms with Crippen molar-refractivity contribution in [3.05, 3.63) is 77.4 Å². The van der Waals surface area contributed by atoms with Crippen molar-refractivity contribution >= 4 is 38.6 Å². The molecule has 34 heavy (non-hydrogen) atoms. The molecule has 0 saturated heterocycles. The Hall–Kier alpha value is -2.64. The zero-order valence-electron chi connectivity index (χ0n) is 17.4. The summed E-state index contributed by atoms with van der Waals surface area (Å²) >= 11 is 1.45. The lowest BCUT2D eigenvalue weighted by atomic mass is 9.94. The fourth-order valence-corrected chi connectivity index (χ4v) is 4.84. The lowest BCUT2D eigenvalue weighted by Gasteiger charge is -2.32. The molecule has 1 atom stereocenters. The van der Waals surface area contributed by atoms with Gasteiger partial charge < -0.3 is 9.84 Å². The van der Waals surface area contributed by atoms with E-state index in [1.807, 2.05) is 30.3 Å². The molecular formula is C22H18F3NO6S2. The van der Waals surface area contributed by atoms with Crippen LogP contribution < -0.4 is 0 Å². The van der Waals surface area contributed by atoms with Crippen LogP contribution in [0.5, 0.6) is 0 Å². The lowest BCUT2D eigenvalue weighted by Crippen LogP contribution is -2.42. The van der Waals surface area contributed by atoms with Crippen molar-refractivity contribution in [3.8, 4) is 0 Å². The normalized spacial score (nSPS) is 16.3. The van der Waals surface area contributed by atoms with Crippen molar-refractivity contribution < 1.29 is 40.5 Å². The number of aliphatic hydroxyl groups excluding tert-OH is 1. The minimum absolute atomic E-state index is 0.0484. The molecule has 0 saturated carbocycles. The molecule has 1 N–H and O–H groups in total. The molecule has 7 nitrogen and oxygen atoms in total. The molecule has 1 unspecified atom stereocenters. The van der Waals surface area contributed by atoms with Crippen molar-refractivity contribution in [2.45, 2.75) is 23.2 Å². The minimum Gasteiger partial charge on any atom is -0.376 e. The first kappa shape index (κ1) is 24.5. The molecule has 0 spiro atoms. The molecule has 1 amide bonds. The standard InChI is InChI=1S/C22H18F3NO6S2/c23-22(24,25)34(29,30)32-26-20(27)16-8-4-7-15-18(10-9-17(19(15)16)21(26)28)33-12-11-31-13-14-5-2-1-3-6-14/h1-10,20,27H,11-13H2. The number of carbonyl (C=O) groups is 1. The Kier molecular flexibility index (Phi) is 6.87. The number of carbonyl (C=O) groups excluding carboxylic acids is 1. The largest absolute Gasteiger partial charge is 0.525 e. The van der Waals surface area contributed by atoms with Crippen molar-refractivity contribution in [2.75, 3.05) is 12.4 Å². The second kappa shape index (κ2) is 9.55. The van der Waals surface area contributed by atoms with Crippen LogP contribution in [0.3, 0.4) is 0 Å². The number of aliphatic hydroxyl groups is 1. The highest BCUT2D eigenvalue weighted by Gasteiger charge is 2.51. The number of hydroxylamine groups is 2. The molecule has 0 aromatic heterocycles. The molecule has 1 heterocycles. The van der Waals surface area contributed by atoms with E-state index in [2.05, 4.69) is 4.28 Å². The Balaban J connectivity index is 1.53. The smallest absolute Gasteiger partial charge is 0.376 e. The van der Waals surface area contributed by atoms with Crippen molar-refractivity contribution in [1.29, 1.82) is 0 Å². The number of alkyl halides is 3. The average molecular weight is 514 g/mol. The summed E-state index contributed by atoms with van der Waals surface area (Å²) in [6, 6.07) is 17.3. The van der Waals surface area contributed by atoms with Gasteiger partial charge in [-0.3, -0.25) is 4.79 Å². The summed E-state index contributed by atoms with van der Waals surface area (Å²) in [5, 5.41) is 11.2. The maximum Gasteiger partial charge on any atom is 0.525 e. The van der Waals surface area contributed by atoms with Gasteiger partial charge in [0.2, 0.25) is 0 Å². The van der Waals surface area contributed by atoms with Crippen LogP contribution in [0.2, 0.25) is 0 Å². The summed E-state index contributed by atoms with van der Waals surface area (Å²) in [6.07, 6.45) is -2.05. The van der Waals surface area contributed by atoms with Crippen LogP contribution >= 0.6 is 11.8 Å². The van der Waals surface area contributed by atoms with E-state index < -0.39 is 27.8 Å². The number of halogens is 3. The lowest BCUT2D eigenvalue weighted by molar-refractivity contribution is -0.151. The number of rotatable bonds is 8. The zero-order valence-corrected chi connectivity index (χ0v) is 19.0. The molecule has 3 aromatic carbocycles. The van der Waals surface area contributed by atoms with E-state index in [1.54, 1.807) is 18.2 Å². The maximum absolute atomic E-state index is 12.7. The number of ether oxygens (including phenoxy) is 1. The van der Waals surface area contributed by atoms with E-state index in [0.717, 1.165) is 10.5 Å². The van der Waals surface area contributed by atoms with Gasteiger partial charge in [-0.2, -0.15) is 26.7 Å². The third kappa shape index (κ3) is 4.77. The predicted octanol–water partition coefficient (Wildman–Crippen LogP) is 4.38. The number of thioether (sulfide) groups is 1. The molecule has 1 aliphatic heterocycles. The molecule has 4 rings (SSSR count). The Labute approximate surface area is 197 Å². The summed E-state index contributed by atoms with van der Waals surface area (Å²) in [5.74, 6) is -0.618. The van der Waals surface area contributed by atoms with Crippen LogP contribution in [0.15, 0.2) is 65.6 Å². The first-order valence-corrected chi connectivity index (χ1v) is 12.3. The van der Waals surface area contributed by atoms with E-state index in [4.69, 9.17) is 4.74 Å². The van der Waals surface area contributed by atoms with Gasteiger partial charge in [0.05, 0.1) is 18.8 Å². The number of amides is 1. The van der Waals surface area contributed by atoms with Gasteiger partial charge in [-0.25, -0.2) is 0 Å². The van der Waals surface area contributed by atoms with Gasteiger partial charge in [-0.1, -0.05) is 48.5 Å². The van der Waals surface area contributed by atoms with Crippen LogP contribution in [-0.4, -0.2) is 42.4 Å². The fourth-order valence-electron chi connectivity index (χ4n) is 3.48. The van der Waals surface area contributed by atoms with Crippen LogP contribution in [0.1, 0.15) is 27.7 Å². The number of hydrogen-bond donors (Lipinski definition) is 1. The average Bonchev–Trinajstić information content (AvgIpc) is 2.80. The number of benzene rings is 3. The van der Waals surface area contributed by atoms with Gasteiger partial charge in [0, 0.05) is 21.6 Å². The highest BCUT2D eigenvalue weighted by atomic mass is 32.2. The van der Waals surface area contributed by atoms with Gasteiger partial charge in [-0.15, -0.1) is 16.0 Å². The molecule has 180 valence electrons. The molecule has 1 aliphatic rings. The molecule has 3 aromatic rings. The van der Waals surface area contributed by atoms with Gasteiger partial charge >= 0.3 is 15.6 Å². The third-order valence-corrected chi connectivity index (χ3v) is 6.98. The Morgan fingerprint density at radius 3 is 2.47 bits per heavy atom. The van der Waals surface area contributed by atoms with E-state index in [0.29, 0.717) is 29.7 Å². The molecule has 0 bridgehead atoms. The van der Waals surface area contributed by atoms with E-state index in [-0.39, 0.29) is 16.2 Å². The number of nitrogens with zero attached hydrogens (tertiary/aromatic N) is 1. The summed E-state index contributed by atoms with van der Waals surface area (Å²) in [7, 11) is -6.15. The molecule has 12 heteroatoms. The molecule has 0 fully saturated rings. The Bertz CT molecular complexity index is 1320. The second-order valence-corrected chi connectivity index (χ2v) is 9.90. The van der Waals surface area contributed by atoms with Gasteiger partial charge in [-0.05, 0) is 23.1 Å². The third-order valence-electron chi connectivity index (χ3n) is 5.02. The zero-order chi connectivity index (χ0) is 24.5. The van der Waals surface area contributed by atoms with Crippen molar-refractivity contribution in [2.24, 2.45) is 0 Å². The van der Waals surface area contributed by atoms with Gasteiger partial charge in [0.1, 0.15) is 0 Å². The monoisotopic (exact) mass is 513 g/mol. The summed E-state index contributed by atoms with van der Waals surface area (Å²) in [4.78, 5) is 13.5. The molecule has 0 aliphatic carbocycles. The summed E-state index contributed by atoms with van der Waals surface area (Å²) in [6.45, 7) is 0.906. The summed E-state index contributed by atoms with van der Waals surface area (Å²) < 4.78 is 70.7. The maximum atomic E-state index is 12.7. The summed E-state index contributed by atoms with van der Waals surface area (Å²) in [5.41, 5.74) is -4.76. The first-order valence-electron chi connectivity index (χ1n) is 9.93. The minimum atomic E-state index is -6.15. The highest BCUT2D eigenvalue weighted by Crippen LogP contribution is 2.41. The Morgan fingerprint density at radius 1 is 1.03 bits per heavy atom. The van der Waals surface area contributed by atoms with Gasteiger partial charge in [0.15, 0.2) is 6.23 Å². The van der Waals surface area contributed by atoms with Crippen LogP contribution in [0, 0.1) is 0 Å². The number of hydrogen-bond acceptors (Lipinski definition) is 7. The van der Waals surface area contributed by atoms with Crippen LogP contribution in [0.4, 0.5) is 13.2 Å². The van der Waals surface area contributed by atoms with E-state index in [9.17, 15) is 31.5 Å². The topological polar surface area (TPSA) is 93.1 Å². The Morgan fingerprint density at radius 2 is 1.76 bits per heavy atom. The van der Waals surface area contributed by atoms with E-state index in [1.165, 1.54) is 23.9 Å². The van der Waals surface area contributed by atoms with Crippen LogP contribution in [-0.2, 0) is 25.7 Å². The first-order chi connectivity index (χ1) is 16.1. The predicted molar refractivity (Wildman–Crippen MR) is 118 cm³/mol. The van der Waals surface area contributed by atoms with Gasteiger partial charge in [0.25, 0.3) is 5.91 Å². The molecule has 0 radical (unpaired) electrons. The molecular weight excluding hydrogens is 495 g/mol. The van der Waals surface area contributed by atoms with E-state index >= 15 is 0 Å².